The molecule has 0 aliphatic heterocycles. The molecule has 3 rings (SSSR count). The van der Waals surface area contributed by atoms with Gasteiger partial charge in [-0.25, -0.2) is 4.39 Å². The van der Waals surface area contributed by atoms with E-state index in [-0.39, 0.29) is 5.82 Å². The van der Waals surface area contributed by atoms with Crippen LogP contribution in [0.3, 0.4) is 0 Å². The van der Waals surface area contributed by atoms with Crippen molar-refractivity contribution in [1.82, 2.24) is 9.78 Å². The van der Waals surface area contributed by atoms with Crippen LogP contribution in [0, 0.1) is 5.82 Å². The van der Waals surface area contributed by atoms with Crippen molar-refractivity contribution in [2.45, 2.75) is 38.1 Å². The molecule has 0 atom stereocenters. The SMILES string of the molecule is CCc1nn(C)cc1NC1CC(c2cccc(F)c2)C1. The molecule has 106 valence electrons. The van der Waals surface area contributed by atoms with E-state index in [1.54, 1.807) is 12.1 Å². The van der Waals surface area contributed by atoms with Gasteiger partial charge in [0.1, 0.15) is 5.82 Å². The second kappa shape index (κ2) is 5.27. The monoisotopic (exact) mass is 273 g/mol. The van der Waals surface area contributed by atoms with Crippen molar-refractivity contribution >= 4 is 5.69 Å². The molecule has 1 aromatic carbocycles. The van der Waals surface area contributed by atoms with Gasteiger partial charge in [0, 0.05) is 19.3 Å². The van der Waals surface area contributed by atoms with Crippen LogP contribution in [-0.4, -0.2) is 15.8 Å². The molecule has 1 heterocycles. The number of halogens is 1. The van der Waals surface area contributed by atoms with Crippen LogP contribution in [0.1, 0.15) is 36.9 Å². The summed E-state index contributed by atoms with van der Waals surface area (Å²) in [5.41, 5.74) is 3.37. The van der Waals surface area contributed by atoms with Crippen LogP contribution in [0.4, 0.5) is 10.1 Å². The molecule has 1 aliphatic rings. The Hall–Kier alpha value is -1.84. The molecule has 1 aromatic heterocycles. The highest BCUT2D eigenvalue weighted by atomic mass is 19.1. The second-order valence-electron chi connectivity index (χ2n) is 5.58. The van der Waals surface area contributed by atoms with Gasteiger partial charge in [0.25, 0.3) is 0 Å². The van der Waals surface area contributed by atoms with E-state index in [2.05, 4.69) is 17.3 Å². The van der Waals surface area contributed by atoms with Crippen molar-refractivity contribution in [3.05, 3.63) is 47.5 Å². The average Bonchev–Trinajstić information content (AvgIpc) is 2.73. The third kappa shape index (κ3) is 2.55. The smallest absolute Gasteiger partial charge is 0.123 e. The van der Waals surface area contributed by atoms with Crippen molar-refractivity contribution in [3.63, 3.8) is 0 Å². The van der Waals surface area contributed by atoms with Gasteiger partial charge in [-0.2, -0.15) is 5.10 Å². The molecule has 0 amide bonds. The van der Waals surface area contributed by atoms with Crippen molar-refractivity contribution < 1.29 is 4.39 Å². The first-order valence-corrected chi connectivity index (χ1v) is 7.20. The Kier molecular flexibility index (Phi) is 3.47. The number of hydrogen-bond acceptors (Lipinski definition) is 2. The maximum Gasteiger partial charge on any atom is 0.123 e. The Bertz CT molecular complexity index is 600. The van der Waals surface area contributed by atoms with E-state index >= 15 is 0 Å². The van der Waals surface area contributed by atoms with Gasteiger partial charge in [0.15, 0.2) is 0 Å². The maximum atomic E-state index is 13.2. The standard InChI is InChI=1S/C16H20FN3/c1-3-15-16(10-20(2)19-15)18-14-8-12(9-14)11-5-4-6-13(17)7-11/h4-7,10,12,14,18H,3,8-9H2,1-2H3. The molecule has 4 heteroatoms. The van der Waals surface area contributed by atoms with E-state index in [1.807, 2.05) is 24.0 Å². The highest BCUT2D eigenvalue weighted by molar-refractivity contribution is 5.48. The van der Waals surface area contributed by atoms with Crippen molar-refractivity contribution in [3.8, 4) is 0 Å². The first-order valence-electron chi connectivity index (χ1n) is 7.20. The summed E-state index contributed by atoms with van der Waals surface area (Å²) in [5, 5.41) is 7.99. The molecule has 20 heavy (non-hydrogen) atoms. The van der Waals surface area contributed by atoms with Crippen LogP contribution in [-0.2, 0) is 13.5 Å². The summed E-state index contributed by atoms with van der Waals surface area (Å²) in [7, 11) is 1.95. The second-order valence-corrected chi connectivity index (χ2v) is 5.58. The van der Waals surface area contributed by atoms with Crippen molar-refractivity contribution in [2.24, 2.45) is 7.05 Å². The van der Waals surface area contributed by atoms with E-state index in [0.29, 0.717) is 12.0 Å². The van der Waals surface area contributed by atoms with Crippen molar-refractivity contribution in [1.29, 1.82) is 0 Å². The van der Waals surface area contributed by atoms with E-state index < -0.39 is 0 Å². The summed E-state index contributed by atoms with van der Waals surface area (Å²) in [6.07, 6.45) is 5.08. The Morgan fingerprint density at radius 3 is 2.90 bits per heavy atom. The number of rotatable bonds is 4. The third-order valence-electron chi connectivity index (χ3n) is 4.06. The van der Waals surface area contributed by atoms with Crippen LogP contribution in [0.15, 0.2) is 30.5 Å². The fourth-order valence-corrected chi connectivity index (χ4v) is 2.90. The number of nitrogens with zero attached hydrogens (tertiary/aromatic N) is 2. The van der Waals surface area contributed by atoms with E-state index in [4.69, 9.17) is 0 Å². The molecule has 0 saturated heterocycles. The Morgan fingerprint density at radius 1 is 1.40 bits per heavy atom. The lowest BCUT2D eigenvalue weighted by molar-refractivity contribution is 0.373. The lowest BCUT2D eigenvalue weighted by atomic mass is 9.76. The Labute approximate surface area is 118 Å². The topological polar surface area (TPSA) is 29.9 Å². The molecule has 0 radical (unpaired) electrons. The van der Waals surface area contributed by atoms with Crippen LogP contribution < -0.4 is 5.32 Å². The zero-order valence-corrected chi connectivity index (χ0v) is 11.9. The molecule has 0 bridgehead atoms. The number of nitrogens with one attached hydrogen (secondary N) is 1. The van der Waals surface area contributed by atoms with Gasteiger partial charge >= 0.3 is 0 Å². The predicted molar refractivity (Wildman–Crippen MR) is 78.4 cm³/mol. The maximum absolute atomic E-state index is 13.2. The highest BCUT2D eigenvalue weighted by Crippen LogP contribution is 2.38. The zero-order chi connectivity index (χ0) is 14.1. The van der Waals surface area contributed by atoms with Crippen LogP contribution in [0.25, 0.3) is 0 Å². The fourth-order valence-electron chi connectivity index (χ4n) is 2.90. The minimum Gasteiger partial charge on any atom is -0.380 e. The number of benzene rings is 1. The van der Waals surface area contributed by atoms with E-state index in [1.165, 1.54) is 6.07 Å². The number of aryl methyl sites for hydroxylation is 2. The molecule has 0 spiro atoms. The molecular formula is C16H20FN3. The molecule has 1 fully saturated rings. The summed E-state index contributed by atoms with van der Waals surface area (Å²) in [5.74, 6) is 0.337. The average molecular weight is 273 g/mol. The minimum absolute atomic E-state index is 0.139. The summed E-state index contributed by atoms with van der Waals surface area (Å²) in [6.45, 7) is 2.11. The summed E-state index contributed by atoms with van der Waals surface area (Å²) in [6, 6.07) is 7.44. The summed E-state index contributed by atoms with van der Waals surface area (Å²) in [4.78, 5) is 0. The van der Waals surface area contributed by atoms with Crippen molar-refractivity contribution in [2.75, 3.05) is 5.32 Å². The molecule has 1 N–H and O–H groups in total. The Morgan fingerprint density at radius 2 is 2.20 bits per heavy atom. The predicted octanol–water partition coefficient (Wildman–Crippen LogP) is 3.48. The van der Waals surface area contributed by atoms with Gasteiger partial charge in [-0.3, -0.25) is 4.68 Å². The van der Waals surface area contributed by atoms with E-state index in [9.17, 15) is 4.39 Å². The normalized spacial score (nSPS) is 21.6. The van der Waals surface area contributed by atoms with Gasteiger partial charge in [-0.15, -0.1) is 0 Å². The highest BCUT2D eigenvalue weighted by Gasteiger charge is 2.31. The van der Waals surface area contributed by atoms with Crippen LogP contribution >= 0.6 is 0 Å². The van der Waals surface area contributed by atoms with Gasteiger partial charge in [0.05, 0.1) is 11.4 Å². The zero-order valence-electron chi connectivity index (χ0n) is 11.9. The number of anilines is 1. The molecule has 1 saturated carbocycles. The molecule has 0 unspecified atom stereocenters. The third-order valence-corrected chi connectivity index (χ3v) is 4.06. The first kappa shape index (κ1) is 13.2. The molecule has 2 aromatic rings. The Balaban J connectivity index is 1.60. The number of aromatic nitrogens is 2. The number of hydrogen-bond donors (Lipinski definition) is 1. The molecular weight excluding hydrogens is 253 g/mol. The minimum atomic E-state index is -0.139. The van der Waals surface area contributed by atoms with E-state index in [0.717, 1.165) is 36.2 Å². The van der Waals surface area contributed by atoms with Gasteiger partial charge in [0.2, 0.25) is 0 Å². The van der Waals surface area contributed by atoms with Crippen LogP contribution in [0.2, 0.25) is 0 Å². The largest absolute Gasteiger partial charge is 0.380 e. The summed E-state index contributed by atoms with van der Waals surface area (Å²) >= 11 is 0. The molecule has 3 nitrogen and oxygen atoms in total. The lowest BCUT2D eigenvalue weighted by Crippen LogP contribution is -2.34. The summed E-state index contributed by atoms with van der Waals surface area (Å²) < 4.78 is 15.1. The lowest BCUT2D eigenvalue weighted by Gasteiger charge is -2.36. The van der Waals surface area contributed by atoms with Gasteiger partial charge < -0.3 is 5.32 Å². The van der Waals surface area contributed by atoms with Crippen LogP contribution in [0.5, 0.6) is 0 Å². The van der Waals surface area contributed by atoms with Gasteiger partial charge in [-0.1, -0.05) is 19.1 Å². The van der Waals surface area contributed by atoms with Gasteiger partial charge in [-0.05, 0) is 42.9 Å². The molecule has 1 aliphatic carbocycles. The fraction of sp³-hybridized carbons (Fsp3) is 0.438. The quantitative estimate of drug-likeness (QED) is 0.924. The first-order chi connectivity index (χ1) is 9.65.